The average Bonchev–Trinajstić information content (AvgIpc) is 1.98. The maximum absolute atomic E-state index is 4.03. The normalized spacial score (nSPS) is 13.1. The molecule has 10 heavy (non-hydrogen) atoms. The SMILES string of the molecule is C=C(CC)C(C)CCCC. The molecule has 0 bridgehead atoms. The van der Waals surface area contributed by atoms with Gasteiger partial charge in [-0.25, -0.2) is 0 Å². The first-order valence-corrected chi connectivity index (χ1v) is 4.40. The Balaban J connectivity index is 3.41. The highest BCUT2D eigenvalue weighted by Crippen LogP contribution is 2.17. The van der Waals surface area contributed by atoms with Gasteiger partial charge >= 0.3 is 0 Å². The highest BCUT2D eigenvalue weighted by molar-refractivity contribution is 4.97. The molecular weight excluding hydrogens is 120 g/mol. The predicted octanol–water partition coefficient (Wildman–Crippen LogP) is 3.78. The van der Waals surface area contributed by atoms with E-state index in [2.05, 4.69) is 27.4 Å². The minimum Gasteiger partial charge on any atom is -0.0996 e. The lowest BCUT2D eigenvalue weighted by Crippen LogP contribution is -1.96. The number of hydrogen-bond donors (Lipinski definition) is 0. The van der Waals surface area contributed by atoms with E-state index in [1.807, 2.05) is 0 Å². The summed E-state index contributed by atoms with van der Waals surface area (Å²) in [5, 5.41) is 0. The molecule has 0 aliphatic carbocycles. The molecule has 0 heteroatoms. The van der Waals surface area contributed by atoms with Gasteiger partial charge in [-0.2, -0.15) is 0 Å². The summed E-state index contributed by atoms with van der Waals surface area (Å²) in [5.41, 5.74) is 1.41. The predicted molar refractivity (Wildman–Crippen MR) is 48.1 cm³/mol. The van der Waals surface area contributed by atoms with Crippen molar-refractivity contribution in [3.8, 4) is 0 Å². The molecule has 0 spiro atoms. The van der Waals surface area contributed by atoms with Crippen LogP contribution in [0.5, 0.6) is 0 Å². The molecule has 0 N–H and O–H groups in total. The smallest absolute Gasteiger partial charge is 0.0234 e. The van der Waals surface area contributed by atoms with Gasteiger partial charge in [0.1, 0.15) is 0 Å². The van der Waals surface area contributed by atoms with Crippen LogP contribution in [-0.2, 0) is 0 Å². The maximum Gasteiger partial charge on any atom is -0.0234 e. The zero-order chi connectivity index (χ0) is 7.98. The van der Waals surface area contributed by atoms with Gasteiger partial charge in [0.25, 0.3) is 0 Å². The first-order chi connectivity index (χ1) is 4.72. The van der Waals surface area contributed by atoms with Crippen molar-refractivity contribution in [1.82, 2.24) is 0 Å². The van der Waals surface area contributed by atoms with Crippen molar-refractivity contribution in [1.29, 1.82) is 0 Å². The van der Waals surface area contributed by atoms with Gasteiger partial charge < -0.3 is 0 Å². The largest absolute Gasteiger partial charge is 0.0996 e. The molecule has 0 aliphatic heterocycles. The van der Waals surface area contributed by atoms with Crippen LogP contribution in [-0.4, -0.2) is 0 Å². The first-order valence-electron chi connectivity index (χ1n) is 4.40. The molecule has 0 saturated carbocycles. The minimum atomic E-state index is 0.741. The first kappa shape index (κ1) is 9.74. The number of hydrogen-bond acceptors (Lipinski definition) is 0. The molecule has 0 aromatic rings. The van der Waals surface area contributed by atoms with Crippen LogP contribution >= 0.6 is 0 Å². The van der Waals surface area contributed by atoms with Crippen molar-refractivity contribution in [2.45, 2.75) is 46.5 Å². The van der Waals surface area contributed by atoms with Crippen LogP contribution in [0.25, 0.3) is 0 Å². The zero-order valence-corrected chi connectivity index (χ0v) is 7.61. The summed E-state index contributed by atoms with van der Waals surface area (Å²) >= 11 is 0. The van der Waals surface area contributed by atoms with E-state index in [0.717, 1.165) is 12.3 Å². The van der Waals surface area contributed by atoms with Gasteiger partial charge in [0, 0.05) is 0 Å². The van der Waals surface area contributed by atoms with E-state index >= 15 is 0 Å². The summed E-state index contributed by atoms with van der Waals surface area (Å²) in [7, 11) is 0. The number of unbranched alkanes of at least 4 members (excludes halogenated alkanes) is 1. The second kappa shape index (κ2) is 5.52. The summed E-state index contributed by atoms with van der Waals surface area (Å²) in [6.45, 7) is 10.7. The molecule has 0 heterocycles. The van der Waals surface area contributed by atoms with Crippen molar-refractivity contribution in [2.75, 3.05) is 0 Å². The third-order valence-corrected chi connectivity index (χ3v) is 2.14. The van der Waals surface area contributed by atoms with Crippen LogP contribution in [0, 0.1) is 5.92 Å². The van der Waals surface area contributed by atoms with E-state index in [-0.39, 0.29) is 0 Å². The fourth-order valence-electron chi connectivity index (χ4n) is 1.06. The van der Waals surface area contributed by atoms with Crippen molar-refractivity contribution in [3.63, 3.8) is 0 Å². The van der Waals surface area contributed by atoms with E-state index < -0.39 is 0 Å². The number of rotatable bonds is 5. The third kappa shape index (κ3) is 3.71. The Bertz CT molecular complexity index is 92.2. The van der Waals surface area contributed by atoms with Crippen LogP contribution in [0.1, 0.15) is 46.5 Å². The zero-order valence-electron chi connectivity index (χ0n) is 7.61. The van der Waals surface area contributed by atoms with E-state index in [9.17, 15) is 0 Å². The van der Waals surface area contributed by atoms with Crippen LogP contribution in [0.3, 0.4) is 0 Å². The van der Waals surface area contributed by atoms with Crippen molar-refractivity contribution in [2.24, 2.45) is 5.92 Å². The van der Waals surface area contributed by atoms with Crippen LogP contribution in [0.2, 0.25) is 0 Å². The van der Waals surface area contributed by atoms with Gasteiger partial charge in [-0.15, -0.1) is 0 Å². The molecule has 0 aliphatic rings. The second-order valence-corrected chi connectivity index (χ2v) is 3.06. The molecule has 0 radical (unpaired) electrons. The average molecular weight is 140 g/mol. The molecule has 0 amide bonds. The van der Waals surface area contributed by atoms with Gasteiger partial charge in [-0.05, 0) is 18.8 Å². The summed E-state index contributed by atoms with van der Waals surface area (Å²) in [6, 6.07) is 0. The fourth-order valence-corrected chi connectivity index (χ4v) is 1.06. The van der Waals surface area contributed by atoms with Gasteiger partial charge in [-0.3, -0.25) is 0 Å². The Morgan fingerprint density at radius 3 is 2.40 bits per heavy atom. The lowest BCUT2D eigenvalue weighted by atomic mass is 9.95. The topological polar surface area (TPSA) is 0 Å². The van der Waals surface area contributed by atoms with Crippen molar-refractivity contribution < 1.29 is 0 Å². The quantitative estimate of drug-likeness (QED) is 0.510. The number of allylic oxidation sites excluding steroid dienone is 1. The van der Waals surface area contributed by atoms with Gasteiger partial charge in [-0.1, -0.05) is 45.8 Å². The summed E-state index contributed by atoms with van der Waals surface area (Å²) in [6.07, 6.45) is 5.12. The molecule has 0 saturated heterocycles. The van der Waals surface area contributed by atoms with Crippen LogP contribution < -0.4 is 0 Å². The van der Waals surface area contributed by atoms with Gasteiger partial charge in [0.15, 0.2) is 0 Å². The Labute approximate surface area is 65.3 Å². The fraction of sp³-hybridized carbons (Fsp3) is 0.800. The van der Waals surface area contributed by atoms with E-state index in [1.165, 1.54) is 24.8 Å². The van der Waals surface area contributed by atoms with Crippen LogP contribution in [0.15, 0.2) is 12.2 Å². The molecule has 60 valence electrons. The Kier molecular flexibility index (Phi) is 5.38. The summed E-state index contributed by atoms with van der Waals surface area (Å²) in [4.78, 5) is 0. The Morgan fingerprint density at radius 2 is 2.00 bits per heavy atom. The third-order valence-electron chi connectivity index (χ3n) is 2.14. The van der Waals surface area contributed by atoms with E-state index in [4.69, 9.17) is 0 Å². The highest BCUT2D eigenvalue weighted by atomic mass is 14.1. The maximum atomic E-state index is 4.03. The molecule has 0 fully saturated rings. The molecule has 0 nitrogen and oxygen atoms in total. The van der Waals surface area contributed by atoms with Gasteiger partial charge in [0.2, 0.25) is 0 Å². The molecule has 1 unspecified atom stereocenters. The van der Waals surface area contributed by atoms with E-state index in [0.29, 0.717) is 0 Å². The van der Waals surface area contributed by atoms with Crippen LogP contribution in [0.4, 0.5) is 0 Å². The molecule has 1 atom stereocenters. The van der Waals surface area contributed by atoms with Crippen molar-refractivity contribution in [3.05, 3.63) is 12.2 Å². The lowest BCUT2D eigenvalue weighted by molar-refractivity contribution is 0.561. The summed E-state index contributed by atoms with van der Waals surface area (Å²) < 4.78 is 0. The molecule has 0 aromatic carbocycles. The van der Waals surface area contributed by atoms with E-state index in [1.54, 1.807) is 0 Å². The second-order valence-electron chi connectivity index (χ2n) is 3.06. The molecular formula is C10H20. The molecule has 0 rings (SSSR count). The van der Waals surface area contributed by atoms with Gasteiger partial charge in [0.05, 0.1) is 0 Å². The minimum absolute atomic E-state index is 0.741. The Morgan fingerprint density at radius 1 is 1.40 bits per heavy atom. The highest BCUT2D eigenvalue weighted by Gasteiger charge is 2.02. The van der Waals surface area contributed by atoms with Crippen molar-refractivity contribution >= 4 is 0 Å². The Hall–Kier alpha value is -0.260. The summed E-state index contributed by atoms with van der Waals surface area (Å²) in [5.74, 6) is 0.741. The molecule has 0 aromatic heterocycles. The monoisotopic (exact) mass is 140 g/mol. The lowest BCUT2D eigenvalue weighted by Gasteiger charge is -2.11. The standard InChI is InChI=1S/C10H20/c1-5-7-8-10(4)9(3)6-2/h10H,3,5-8H2,1-2,4H3.